The van der Waals surface area contributed by atoms with Gasteiger partial charge in [-0.15, -0.1) is 0 Å². The third-order valence-corrected chi connectivity index (χ3v) is 2.95. The molecule has 1 N–H and O–H groups in total. The lowest BCUT2D eigenvalue weighted by atomic mass is 9.94. The highest BCUT2D eigenvalue weighted by Crippen LogP contribution is 2.35. The number of nitrogens with zero attached hydrogens (tertiary/aromatic N) is 1. The van der Waals surface area contributed by atoms with E-state index in [1.165, 1.54) is 11.3 Å². The molecule has 1 aliphatic rings. The summed E-state index contributed by atoms with van der Waals surface area (Å²) in [4.78, 5) is 4.41. The molecule has 0 saturated carbocycles. The van der Waals surface area contributed by atoms with Gasteiger partial charge in [0, 0.05) is 24.4 Å². The molecule has 0 radical (unpaired) electrons. The number of hydrogen-bond donors (Lipinski definition) is 1. The van der Waals surface area contributed by atoms with Crippen molar-refractivity contribution in [2.45, 2.75) is 19.3 Å². The standard InChI is InChI=1S/C11H16N2/c1-8-6-11-9(4-3-5-13-11)10(8)7-12-2/h3-5,8,10,12H,6-7H2,1-2H3. The summed E-state index contributed by atoms with van der Waals surface area (Å²) < 4.78 is 0. The lowest BCUT2D eigenvalue weighted by Gasteiger charge is -2.15. The molecule has 1 aliphatic carbocycles. The van der Waals surface area contributed by atoms with Crippen LogP contribution in [0, 0.1) is 5.92 Å². The number of rotatable bonds is 2. The molecular weight excluding hydrogens is 160 g/mol. The first-order chi connectivity index (χ1) is 6.33. The minimum absolute atomic E-state index is 0.661. The Hall–Kier alpha value is -0.890. The van der Waals surface area contributed by atoms with E-state index >= 15 is 0 Å². The summed E-state index contributed by atoms with van der Waals surface area (Å²) >= 11 is 0. The van der Waals surface area contributed by atoms with Crippen molar-refractivity contribution in [3.8, 4) is 0 Å². The van der Waals surface area contributed by atoms with Gasteiger partial charge in [-0.05, 0) is 31.0 Å². The Kier molecular flexibility index (Phi) is 2.32. The molecule has 0 saturated heterocycles. The number of fused-ring (bicyclic) bond motifs is 1. The molecule has 2 heteroatoms. The van der Waals surface area contributed by atoms with Crippen LogP contribution in [0.5, 0.6) is 0 Å². The average molecular weight is 176 g/mol. The average Bonchev–Trinajstić information content (AvgIpc) is 2.44. The first-order valence-electron chi connectivity index (χ1n) is 4.91. The van der Waals surface area contributed by atoms with Crippen LogP contribution in [-0.4, -0.2) is 18.6 Å². The van der Waals surface area contributed by atoms with Crippen LogP contribution < -0.4 is 5.32 Å². The zero-order valence-electron chi connectivity index (χ0n) is 8.25. The van der Waals surface area contributed by atoms with E-state index in [2.05, 4.69) is 23.3 Å². The quantitative estimate of drug-likeness (QED) is 0.740. The van der Waals surface area contributed by atoms with Crippen molar-refractivity contribution in [2.75, 3.05) is 13.6 Å². The highest BCUT2D eigenvalue weighted by Gasteiger charge is 2.28. The number of hydrogen-bond acceptors (Lipinski definition) is 2. The summed E-state index contributed by atoms with van der Waals surface area (Å²) in [5.74, 6) is 1.39. The minimum atomic E-state index is 0.661. The Labute approximate surface area is 79.4 Å². The van der Waals surface area contributed by atoms with E-state index < -0.39 is 0 Å². The summed E-state index contributed by atoms with van der Waals surface area (Å²) in [6.07, 6.45) is 3.04. The maximum Gasteiger partial charge on any atom is 0.0441 e. The second-order valence-corrected chi connectivity index (χ2v) is 3.88. The fraction of sp³-hybridized carbons (Fsp3) is 0.545. The SMILES string of the molecule is CNCC1c2cccnc2CC1C. The van der Waals surface area contributed by atoms with Crippen molar-refractivity contribution in [2.24, 2.45) is 5.92 Å². The van der Waals surface area contributed by atoms with E-state index in [1.54, 1.807) is 0 Å². The predicted molar refractivity (Wildman–Crippen MR) is 53.8 cm³/mol. The monoisotopic (exact) mass is 176 g/mol. The second kappa shape index (κ2) is 3.46. The lowest BCUT2D eigenvalue weighted by molar-refractivity contribution is 0.479. The number of aromatic nitrogens is 1. The Morgan fingerprint density at radius 2 is 2.46 bits per heavy atom. The maximum absolute atomic E-state index is 4.41. The summed E-state index contributed by atoms with van der Waals surface area (Å²) in [6.45, 7) is 3.38. The van der Waals surface area contributed by atoms with Crippen LogP contribution >= 0.6 is 0 Å². The Morgan fingerprint density at radius 3 is 3.23 bits per heavy atom. The summed E-state index contributed by atoms with van der Waals surface area (Å²) in [5.41, 5.74) is 2.75. The molecule has 2 nitrogen and oxygen atoms in total. The smallest absolute Gasteiger partial charge is 0.0441 e. The van der Waals surface area contributed by atoms with Gasteiger partial charge in [0.1, 0.15) is 0 Å². The van der Waals surface area contributed by atoms with E-state index in [0.717, 1.165) is 18.9 Å². The molecule has 2 atom stereocenters. The van der Waals surface area contributed by atoms with Crippen LogP contribution in [0.15, 0.2) is 18.3 Å². The second-order valence-electron chi connectivity index (χ2n) is 3.88. The normalized spacial score (nSPS) is 26.0. The molecule has 0 fully saturated rings. The van der Waals surface area contributed by atoms with Gasteiger partial charge in [0.25, 0.3) is 0 Å². The zero-order chi connectivity index (χ0) is 9.26. The van der Waals surface area contributed by atoms with Gasteiger partial charge in [-0.3, -0.25) is 4.98 Å². The summed E-state index contributed by atoms with van der Waals surface area (Å²) in [6, 6.07) is 4.26. The Morgan fingerprint density at radius 1 is 1.62 bits per heavy atom. The highest BCUT2D eigenvalue weighted by atomic mass is 14.8. The largest absolute Gasteiger partial charge is 0.319 e. The molecule has 1 aromatic heterocycles. The number of pyridine rings is 1. The molecule has 0 amide bonds. The number of likely N-dealkylation sites (N-methyl/N-ethyl adjacent to an activating group) is 1. The van der Waals surface area contributed by atoms with Crippen molar-refractivity contribution in [3.05, 3.63) is 29.6 Å². The van der Waals surface area contributed by atoms with Gasteiger partial charge in [-0.1, -0.05) is 13.0 Å². The fourth-order valence-electron chi connectivity index (χ4n) is 2.24. The van der Waals surface area contributed by atoms with E-state index in [-0.39, 0.29) is 0 Å². The van der Waals surface area contributed by atoms with Crippen LogP contribution in [0.3, 0.4) is 0 Å². The molecule has 0 aliphatic heterocycles. The molecule has 2 unspecified atom stereocenters. The van der Waals surface area contributed by atoms with Crippen molar-refractivity contribution in [3.63, 3.8) is 0 Å². The molecule has 13 heavy (non-hydrogen) atoms. The van der Waals surface area contributed by atoms with Crippen LogP contribution in [0.25, 0.3) is 0 Å². The van der Waals surface area contributed by atoms with E-state index in [9.17, 15) is 0 Å². The Balaban J connectivity index is 2.29. The predicted octanol–water partition coefficient (Wildman–Crippen LogP) is 1.58. The first-order valence-corrected chi connectivity index (χ1v) is 4.91. The van der Waals surface area contributed by atoms with Crippen molar-refractivity contribution >= 4 is 0 Å². The summed E-state index contributed by atoms with van der Waals surface area (Å²) in [5, 5.41) is 3.25. The zero-order valence-corrected chi connectivity index (χ0v) is 8.25. The van der Waals surface area contributed by atoms with Crippen LogP contribution in [0.2, 0.25) is 0 Å². The Bertz CT molecular complexity index is 296. The van der Waals surface area contributed by atoms with E-state index in [4.69, 9.17) is 0 Å². The summed E-state index contributed by atoms with van der Waals surface area (Å²) in [7, 11) is 2.01. The first kappa shape index (κ1) is 8.70. The third kappa shape index (κ3) is 1.46. The number of nitrogens with one attached hydrogen (secondary N) is 1. The molecule has 1 aromatic rings. The molecule has 1 heterocycles. The fourth-order valence-corrected chi connectivity index (χ4v) is 2.24. The molecule has 70 valence electrons. The minimum Gasteiger partial charge on any atom is -0.319 e. The lowest BCUT2D eigenvalue weighted by Crippen LogP contribution is -2.19. The molecule has 0 aromatic carbocycles. The highest BCUT2D eigenvalue weighted by molar-refractivity contribution is 5.30. The van der Waals surface area contributed by atoms with Gasteiger partial charge in [0.05, 0.1) is 0 Å². The van der Waals surface area contributed by atoms with Gasteiger partial charge >= 0.3 is 0 Å². The van der Waals surface area contributed by atoms with E-state index in [0.29, 0.717) is 5.92 Å². The van der Waals surface area contributed by atoms with Crippen molar-refractivity contribution < 1.29 is 0 Å². The molecular formula is C11H16N2. The van der Waals surface area contributed by atoms with Gasteiger partial charge in [-0.25, -0.2) is 0 Å². The molecule has 0 bridgehead atoms. The van der Waals surface area contributed by atoms with Crippen LogP contribution in [-0.2, 0) is 6.42 Å². The van der Waals surface area contributed by atoms with Gasteiger partial charge in [0.2, 0.25) is 0 Å². The van der Waals surface area contributed by atoms with Gasteiger partial charge in [0.15, 0.2) is 0 Å². The van der Waals surface area contributed by atoms with Gasteiger partial charge in [-0.2, -0.15) is 0 Å². The maximum atomic E-state index is 4.41. The van der Waals surface area contributed by atoms with Crippen LogP contribution in [0.1, 0.15) is 24.1 Å². The topological polar surface area (TPSA) is 24.9 Å². The van der Waals surface area contributed by atoms with Crippen molar-refractivity contribution in [1.82, 2.24) is 10.3 Å². The third-order valence-electron chi connectivity index (χ3n) is 2.95. The van der Waals surface area contributed by atoms with Gasteiger partial charge < -0.3 is 5.32 Å². The molecule has 2 rings (SSSR count). The van der Waals surface area contributed by atoms with Crippen molar-refractivity contribution in [1.29, 1.82) is 0 Å². The molecule has 0 spiro atoms. The van der Waals surface area contributed by atoms with Crippen LogP contribution in [0.4, 0.5) is 0 Å². The van der Waals surface area contributed by atoms with E-state index in [1.807, 2.05) is 19.3 Å².